The molecule has 3 rings (SSSR count). The van der Waals surface area contributed by atoms with Crippen LogP contribution in [-0.2, 0) is 6.42 Å². The smallest absolute Gasteiger partial charge is 0.288 e. The molecule has 1 aliphatic rings. The van der Waals surface area contributed by atoms with Gasteiger partial charge in [-0.15, -0.1) is 0 Å². The minimum atomic E-state index is -2.36. The van der Waals surface area contributed by atoms with Crippen LogP contribution in [0.2, 0.25) is 0 Å². The summed E-state index contributed by atoms with van der Waals surface area (Å²) < 4.78 is 24.5. The van der Waals surface area contributed by atoms with Crippen molar-refractivity contribution in [3.05, 3.63) is 48.0 Å². The van der Waals surface area contributed by atoms with E-state index in [0.717, 1.165) is 24.1 Å². The maximum atomic E-state index is 12.3. The molecule has 0 saturated carbocycles. The van der Waals surface area contributed by atoms with E-state index >= 15 is 0 Å². The fourth-order valence-electron chi connectivity index (χ4n) is 2.31. The first-order valence-electron chi connectivity index (χ1n) is 6.14. The lowest BCUT2D eigenvalue weighted by molar-refractivity contribution is 0.252. The van der Waals surface area contributed by atoms with Crippen molar-refractivity contribution < 1.29 is 8.78 Å². The quantitative estimate of drug-likeness (QED) is 0.820. The lowest BCUT2D eigenvalue weighted by Gasteiger charge is -2.06. The van der Waals surface area contributed by atoms with Crippen LogP contribution in [0.3, 0.4) is 0 Å². The zero-order valence-electron chi connectivity index (χ0n) is 10.2. The van der Waals surface area contributed by atoms with Crippen LogP contribution in [0.4, 0.5) is 14.5 Å². The number of nitrogens with one attached hydrogen (secondary N) is 1. The third-order valence-corrected chi connectivity index (χ3v) is 3.95. The van der Waals surface area contributed by atoms with Gasteiger partial charge in [-0.2, -0.15) is 8.78 Å². The summed E-state index contributed by atoms with van der Waals surface area (Å²) in [4.78, 5) is 0.599. The van der Waals surface area contributed by atoms with Crippen LogP contribution in [0.25, 0.3) is 11.1 Å². The molecule has 0 aromatic heterocycles. The van der Waals surface area contributed by atoms with Crippen molar-refractivity contribution in [3.8, 4) is 11.1 Å². The molecule has 4 heteroatoms. The van der Waals surface area contributed by atoms with Crippen molar-refractivity contribution in [1.29, 1.82) is 0 Å². The number of thioether (sulfide) groups is 1. The summed E-state index contributed by atoms with van der Waals surface area (Å²) in [5.41, 5.74) is 4.72. The molecule has 0 amide bonds. The Morgan fingerprint density at radius 3 is 2.47 bits per heavy atom. The molecular formula is C15H13F2NS. The largest absolute Gasteiger partial charge is 0.384 e. The van der Waals surface area contributed by atoms with Crippen LogP contribution in [-0.4, -0.2) is 12.3 Å². The van der Waals surface area contributed by atoms with Crippen LogP contribution >= 0.6 is 11.8 Å². The molecule has 2 aromatic carbocycles. The Balaban J connectivity index is 1.86. The number of benzene rings is 2. The normalized spacial score (nSPS) is 13.4. The van der Waals surface area contributed by atoms with Gasteiger partial charge in [0.15, 0.2) is 0 Å². The van der Waals surface area contributed by atoms with Gasteiger partial charge in [0.25, 0.3) is 5.76 Å². The lowest BCUT2D eigenvalue weighted by atomic mass is 10.0. The molecule has 1 nitrogen and oxygen atoms in total. The first-order valence-corrected chi connectivity index (χ1v) is 7.02. The molecule has 98 valence electrons. The molecule has 1 aliphatic heterocycles. The van der Waals surface area contributed by atoms with E-state index in [1.807, 2.05) is 12.1 Å². The van der Waals surface area contributed by atoms with Crippen molar-refractivity contribution in [2.24, 2.45) is 0 Å². The number of fused-ring (bicyclic) bond motifs is 1. The Kier molecular flexibility index (Phi) is 3.42. The lowest BCUT2D eigenvalue weighted by Crippen LogP contribution is -1.90. The highest BCUT2D eigenvalue weighted by Gasteiger charge is 2.11. The first kappa shape index (κ1) is 12.5. The zero-order valence-corrected chi connectivity index (χ0v) is 11.0. The van der Waals surface area contributed by atoms with Crippen molar-refractivity contribution in [3.63, 3.8) is 0 Å². The third kappa shape index (κ3) is 2.73. The fourth-order valence-corrected chi connectivity index (χ4v) is 2.81. The van der Waals surface area contributed by atoms with Crippen LogP contribution in [0.15, 0.2) is 47.4 Å². The fraction of sp³-hybridized carbons (Fsp3) is 0.200. The van der Waals surface area contributed by atoms with E-state index in [0.29, 0.717) is 16.7 Å². The Morgan fingerprint density at radius 1 is 1.00 bits per heavy atom. The summed E-state index contributed by atoms with van der Waals surface area (Å²) in [5.74, 6) is -2.36. The molecule has 0 atom stereocenters. The minimum Gasteiger partial charge on any atom is -0.384 e. The van der Waals surface area contributed by atoms with Gasteiger partial charge < -0.3 is 5.32 Å². The summed E-state index contributed by atoms with van der Waals surface area (Å²) in [7, 11) is 0. The molecule has 1 N–H and O–H groups in total. The highest BCUT2D eigenvalue weighted by atomic mass is 32.2. The van der Waals surface area contributed by atoms with E-state index in [1.54, 1.807) is 12.1 Å². The monoisotopic (exact) mass is 277 g/mol. The molecule has 0 radical (unpaired) electrons. The van der Waals surface area contributed by atoms with Gasteiger partial charge in [-0.25, -0.2) is 0 Å². The first-order chi connectivity index (χ1) is 9.22. The molecule has 0 unspecified atom stereocenters. The van der Waals surface area contributed by atoms with E-state index in [1.165, 1.54) is 11.3 Å². The van der Waals surface area contributed by atoms with Crippen molar-refractivity contribution in [1.82, 2.24) is 0 Å². The van der Waals surface area contributed by atoms with E-state index in [2.05, 4.69) is 23.5 Å². The summed E-state index contributed by atoms with van der Waals surface area (Å²) in [5, 5.41) is 3.32. The molecule has 0 bridgehead atoms. The molecule has 2 aromatic rings. The second-order valence-corrected chi connectivity index (χ2v) is 5.52. The van der Waals surface area contributed by atoms with Gasteiger partial charge in [0, 0.05) is 17.1 Å². The molecule has 0 fully saturated rings. The Bertz CT molecular complexity index is 581. The average Bonchev–Trinajstić information content (AvgIpc) is 2.86. The number of halogens is 2. The Morgan fingerprint density at radius 2 is 1.74 bits per heavy atom. The van der Waals surface area contributed by atoms with E-state index in [-0.39, 0.29) is 0 Å². The summed E-state index contributed by atoms with van der Waals surface area (Å²) in [6.07, 6.45) is 1.04. The highest BCUT2D eigenvalue weighted by molar-refractivity contribution is 7.99. The number of alkyl halides is 2. The molecule has 0 aliphatic carbocycles. The Labute approximate surface area is 115 Å². The van der Waals surface area contributed by atoms with Crippen LogP contribution in [0.1, 0.15) is 5.56 Å². The maximum absolute atomic E-state index is 12.3. The minimum absolute atomic E-state index is 0.579. The van der Waals surface area contributed by atoms with Gasteiger partial charge in [-0.05, 0) is 47.4 Å². The van der Waals surface area contributed by atoms with Gasteiger partial charge in [-0.1, -0.05) is 30.0 Å². The van der Waals surface area contributed by atoms with Crippen molar-refractivity contribution in [2.45, 2.75) is 17.1 Å². The van der Waals surface area contributed by atoms with E-state index in [4.69, 9.17) is 0 Å². The summed E-state index contributed by atoms with van der Waals surface area (Å²) >= 11 is 0.579. The predicted octanol–water partition coefficient (Wildman–Crippen LogP) is 4.64. The maximum Gasteiger partial charge on any atom is 0.288 e. The van der Waals surface area contributed by atoms with Gasteiger partial charge in [-0.3, -0.25) is 0 Å². The van der Waals surface area contributed by atoms with Crippen molar-refractivity contribution in [2.75, 3.05) is 11.9 Å². The topological polar surface area (TPSA) is 12.0 Å². The average molecular weight is 277 g/mol. The molecule has 19 heavy (non-hydrogen) atoms. The van der Waals surface area contributed by atoms with Crippen LogP contribution in [0.5, 0.6) is 0 Å². The number of anilines is 1. The highest BCUT2D eigenvalue weighted by Crippen LogP contribution is 2.31. The van der Waals surface area contributed by atoms with Gasteiger partial charge >= 0.3 is 0 Å². The van der Waals surface area contributed by atoms with Crippen LogP contribution in [0, 0.1) is 0 Å². The van der Waals surface area contributed by atoms with Gasteiger partial charge in [0.2, 0.25) is 0 Å². The second-order valence-electron chi connectivity index (χ2n) is 4.45. The second kappa shape index (κ2) is 5.21. The number of rotatable bonds is 3. The number of hydrogen-bond donors (Lipinski definition) is 1. The molecular weight excluding hydrogens is 264 g/mol. The molecule has 1 heterocycles. The molecule has 0 spiro atoms. The zero-order chi connectivity index (χ0) is 13.2. The standard InChI is InChI=1S/C15H13F2NS/c16-15(17)19-13-4-1-10(2-5-13)11-3-6-14-12(9-11)7-8-18-14/h1-6,9,15,18H,7-8H2. The number of hydrogen-bond acceptors (Lipinski definition) is 2. The van der Waals surface area contributed by atoms with Crippen LogP contribution < -0.4 is 5.32 Å². The summed E-state index contributed by atoms with van der Waals surface area (Å²) in [6, 6.07) is 13.6. The summed E-state index contributed by atoms with van der Waals surface area (Å²) in [6.45, 7) is 0.989. The van der Waals surface area contributed by atoms with Crippen molar-refractivity contribution >= 4 is 17.4 Å². The SMILES string of the molecule is FC(F)Sc1ccc(-c2ccc3c(c2)CCN3)cc1. The third-order valence-electron chi connectivity index (χ3n) is 3.23. The van der Waals surface area contributed by atoms with E-state index in [9.17, 15) is 8.78 Å². The van der Waals surface area contributed by atoms with Gasteiger partial charge in [0.1, 0.15) is 0 Å². The van der Waals surface area contributed by atoms with E-state index < -0.39 is 5.76 Å². The molecule has 0 saturated heterocycles. The van der Waals surface area contributed by atoms with Gasteiger partial charge in [0.05, 0.1) is 0 Å². The predicted molar refractivity (Wildman–Crippen MR) is 75.9 cm³/mol. The Hall–Kier alpha value is -1.55.